The van der Waals surface area contributed by atoms with Crippen LogP contribution in [0.25, 0.3) is 16.6 Å². The highest BCUT2D eigenvalue weighted by atomic mass is 32.2. The van der Waals surface area contributed by atoms with Crippen molar-refractivity contribution in [1.29, 1.82) is 0 Å². The molecule has 166 valence electrons. The number of hydrogen-bond donors (Lipinski definition) is 0. The van der Waals surface area contributed by atoms with Crippen LogP contribution in [-0.4, -0.2) is 29.1 Å². The maximum Gasteiger partial charge on any atom is 0.266 e. The summed E-state index contributed by atoms with van der Waals surface area (Å²) < 4.78 is 6.92. The van der Waals surface area contributed by atoms with Gasteiger partial charge in [0.1, 0.15) is 5.75 Å². The molecule has 1 amide bonds. The first kappa shape index (κ1) is 21.3. The van der Waals surface area contributed by atoms with E-state index in [1.54, 1.807) is 17.7 Å². The average molecular weight is 458 g/mol. The Morgan fingerprint density at radius 3 is 2.36 bits per heavy atom. The number of nitrogens with zero attached hydrogens (tertiary/aromatic N) is 3. The first-order chi connectivity index (χ1) is 16.1. The smallest absolute Gasteiger partial charge is 0.266 e. The summed E-state index contributed by atoms with van der Waals surface area (Å²) in [4.78, 5) is 32.0. The number of rotatable bonds is 6. The Morgan fingerprint density at radius 2 is 1.67 bits per heavy atom. The number of carbonyl (C=O) groups is 1. The monoisotopic (exact) mass is 457 g/mol. The van der Waals surface area contributed by atoms with E-state index in [0.29, 0.717) is 28.2 Å². The second kappa shape index (κ2) is 9.11. The van der Waals surface area contributed by atoms with Crippen LogP contribution in [0.4, 0.5) is 5.69 Å². The molecule has 5 rings (SSSR count). The number of para-hydroxylation sites is 1. The minimum atomic E-state index is -0.101. The molecule has 0 saturated carbocycles. The highest BCUT2D eigenvalue weighted by Gasteiger charge is 2.21. The van der Waals surface area contributed by atoms with Crippen molar-refractivity contribution in [2.75, 3.05) is 18.6 Å². The molecule has 33 heavy (non-hydrogen) atoms. The zero-order valence-corrected chi connectivity index (χ0v) is 19.0. The van der Waals surface area contributed by atoms with E-state index in [1.165, 1.54) is 11.8 Å². The number of carbonyl (C=O) groups excluding carboxylic acids is 1. The number of fused-ring (bicyclic) bond motifs is 1. The van der Waals surface area contributed by atoms with Gasteiger partial charge in [-0.2, -0.15) is 0 Å². The molecule has 1 aromatic heterocycles. The minimum Gasteiger partial charge on any atom is -0.497 e. The molecule has 0 atom stereocenters. The zero-order valence-electron chi connectivity index (χ0n) is 18.2. The fourth-order valence-electron chi connectivity index (χ4n) is 4.01. The molecule has 0 spiro atoms. The Bertz CT molecular complexity index is 1360. The number of methoxy groups -OCH3 is 1. The Morgan fingerprint density at radius 1 is 0.939 bits per heavy atom. The molecular weight excluding hydrogens is 434 g/mol. The van der Waals surface area contributed by atoms with Crippen molar-refractivity contribution in [2.45, 2.75) is 23.8 Å². The number of ether oxygens (including phenoxy) is 1. The third kappa shape index (κ3) is 4.24. The second-order valence-electron chi connectivity index (χ2n) is 7.85. The summed E-state index contributed by atoms with van der Waals surface area (Å²) >= 11 is 1.51. The summed E-state index contributed by atoms with van der Waals surface area (Å²) in [6, 6.07) is 22.8. The van der Waals surface area contributed by atoms with Crippen molar-refractivity contribution in [3.8, 4) is 11.4 Å². The molecular formula is C26H23N3O3S. The Hall–Kier alpha value is -3.58. The van der Waals surface area contributed by atoms with Crippen molar-refractivity contribution in [2.24, 2.45) is 0 Å². The van der Waals surface area contributed by atoms with Gasteiger partial charge in [-0.25, -0.2) is 4.98 Å². The van der Waals surface area contributed by atoms with Crippen molar-refractivity contribution in [3.05, 3.63) is 88.7 Å². The summed E-state index contributed by atoms with van der Waals surface area (Å²) in [6.07, 6.45) is 1.53. The molecule has 3 aromatic carbocycles. The maximum atomic E-state index is 13.4. The van der Waals surface area contributed by atoms with Crippen LogP contribution in [-0.2, 0) is 10.5 Å². The minimum absolute atomic E-state index is 0.101. The van der Waals surface area contributed by atoms with Gasteiger partial charge in [0.15, 0.2) is 5.16 Å². The number of thioether (sulfide) groups is 1. The van der Waals surface area contributed by atoms with Gasteiger partial charge in [0.2, 0.25) is 5.91 Å². The van der Waals surface area contributed by atoms with Crippen LogP contribution < -0.4 is 15.2 Å². The lowest BCUT2D eigenvalue weighted by Crippen LogP contribution is -2.23. The van der Waals surface area contributed by atoms with Crippen LogP contribution in [0.5, 0.6) is 5.75 Å². The predicted octanol–water partition coefficient (Wildman–Crippen LogP) is 4.81. The number of anilines is 1. The lowest BCUT2D eigenvalue weighted by molar-refractivity contribution is -0.117. The van der Waals surface area contributed by atoms with Gasteiger partial charge in [0.05, 0.1) is 23.7 Å². The molecule has 4 aromatic rings. The predicted molar refractivity (Wildman–Crippen MR) is 131 cm³/mol. The Balaban J connectivity index is 1.46. The molecule has 7 heteroatoms. The summed E-state index contributed by atoms with van der Waals surface area (Å²) in [5.74, 6) is 1.56. The van der Waals surface area contributed by atoms with Crippen LogP contribution in [0.2, 0.25) is 0 Å². The molecule has 1 aliphatic rings. The largest absolute Gasteiger partial charge is 0.497 e. The topological polar surface area (TPSA) is 64.4 Å². The third-order valence-corrected chi connectivity index (χ3v) is 6.77. The zero-order chi connectivity index (χ0) is 22.8. The van der Waals surface area contributed by atoms with Gasteiger partial charge < -0.3 is 9.64 Å². The van der Waals surface area contributed by atoms with Crippen molar-refractivity contribution in [1.82, 2.24) is 9.55 Å². The lowest BCUT2D eigenvalue weighted by atomic mass is 10.2. The van der Waals surface area contributed by atoms with Gasteiger partial charge in [-0.1, -0.05) is 36.0 Å². The van der Waals surface area contributed by atoms with E-state index < -0.39 is 0 Å². The molecule has 0 unspecified atom stereocenters. The molecule has 1 aliphatic heterocycles. The van der Waals surface area contributed by atoms with Gasteiger partial charge in [-0.15, -0.1) is 0 Å². The van der Waals surface area contributed by atoms with Gasteiger partial charge >= 0.3 is 0 Å². The van der Waals surface area contributed by atoms with E-state index in [-0.39, 0.29) is 11.5 Å². The summed E-state index contributed by atoms with van der Waals surface area (Å²) in [7, 11) is 1.62. The molecule has 0 aliphatic carbocycles. The first-order valence-corrected chi connectivity index (χ1v) is 11.8. The van der Waals surface area contributed by atoms with E-state index in [0.717, 1.165) is 35.7 Å². The number of amides is 1. The van der Waals surface area contributed by atoms with Crippen LogP contribution in [0.1, 0.15) is 18.4 Å². The number of hydrogen-bond acceptors (Lipinski definition) is 5. The normalized spacial score (nSPS) is 13.6. The van der Waals surface area contributed by atoms with Crippen LogP contribution in [0.3, 0.4) is 0 Å². The first-order valence-electron chi connectivity index (χ1n) is 10.8. The third-order valence-electron chi connectivity index (χ3n) is 5.76. The van der Waals surface area contributed by atoms with Gasteiger partial charge in [0.25, 0.3) is 5.56 Å². The summed E-state index contributed by atoms with van der Waals surface area (Å²) in [5.41, 5.74) is 3.35. The lowest BCUT2D eigenvalue weighted by Gasteiger charge is -2.16. The molecule has 0 N–H and O–H groups in total. The quantitative estimate of drug-likeness (QED) is 0.307. The van der Waals surface area contributed by atoms with E-state index in [2.05, 4.69) is 0 Å². The van der Waals surface area contributed by atoms with Crippen LogP contribution in [0.15, 0.2) is 82.7 Å². The molecule has 6 nitrogen and oxygen atoms in total. The Kier molecular flexibility index (Phi) is 5.88. The average Bonchev–Trinajstić information content (AvgIpc) is 3.29. The van der Waals surface area contributed by atoms with Gasteiger partial charge in [-0.3, -0.25) is 14.2 Å². The molecule has 1 fully saturated rings. The van der Waals surface area contributed by atoms with Crippen molar-refractivity contribution < 1.29 is 9.53 Å². The van der Waals surface area contributed by atoms with Crippen LogP contribution in [0, 0.1) is 0 Å². The molecule has 0 bridgehead atoms. The highest BCUT2D eigenvalue weighted by molar-refractivity contribution is 7.98. The van der Waals surface area contributed by atoms with Crippen LogP contribution >= 0.6 is 11.8 Å². The molecule has 1 saturated heterocycles. The molecule has 0 radical (unpaired) electrons. The second-order valence-corrected chi connectivity index (χ2v) is 8.80. The summed E-state index contributed by atoms with van der Waals surface area (Å²) in [5, 5.41) is 1.21. The van der Waals surface area contributed by atoms with Crippen molar-refractivity contribution in [3.63, 3.8) is 0 Å². The van der Waals surface area contributed by atoms with Crippen molar-refractivity contribution >= 4 is 34.3 Å². The number of benzene rings is 3. The SMILES string of the molecule is COc1ccc(-n2c(SCc3ccc(N4CCCC4=O)cc3)nc3ccccc3c2=O)cc1. The fourth-order valence-corrected chi connectivity index (χ4v) is 4.98. The summed E-state index contributed by atoms with van der Waals surface area (Å²) in [6.45, 7) is 0.780. The fraction of sp³-hybridized carbons (Fsp3) is 0.192. The Labute approximate surface area is 195 Å². The standard InChI is InChI=1S/C26H23N3O3S/c1-32-21-14-12-20(13-15-21)29-25(31)22-5-2-3-6-23(22)27-26(29)33-17-18-8-10-19(11-9-18)28-16-4-7-24(28)30/h2-3,5-6,8-15H,4,7,16-17H2,1H3. The maximum absolute atomic E-state index is 13.4. The van der Waals surface area contributed by atoms with E-state index in [9.17, 15) is 9.59 Å². The van der Waals surface area contributed by atoms with Gasteiger partial charge in [0, 0.05) is 24.4 Å². The highest BCUT2D eigenvalue weighted by Crippen LogP contribution is 2.27. The number of aromatic nitrogens is 2. The van der Waals surface area contributed by atoms with Gasteiger partial charge in [-0.05, 0) is 60.5 Å². The van der Waals surface area contributed by atoms with E-state index in [4.69, 9.17) is 9.72 Å². The van der Waals surface area contributed by atoms with E-state index >= 15 is 0 Å². The van der Waals surface area contributed by atoms with E-state index in [1.807, 2.05) is 71.6 Å². The molecule has 2 heterocycles.